The van der Waals surface area contributed by atoms with Crippen molar-refractivity contribution in [2.75, 3.05) is 26.7 Å². The Morgan fingerprint density at radius 1 is 1.08 bits per heavy atom. The molecule has 1 fully saturated rings. The summed E-state index contributed by atoms with van der Waals surface area (Å²) in [6.07, 6.45) is 1.64. The van der Waals surface area contributed by atoms with Gasteiger partial charge < -0.3 is 10.2 Å². The second-order valence-corrected chi connectivity index (χ2v) is 8.83. The van der Waals surface area contributed by atoms with E-state index in [0.717, 1.165) is 41.7 Å². The summed E-state index contributed by atoms with van der Waals surface area (Å²) >= 11 is 0. The second-order valence-electron chi connectivity index (χ2n) is 7.02. The Hall–Kier alpha value is -2.15. The van der Waals surface area contributed by atoms with E-state index in [-0.39, 0.29) is 6.04 Å². The van der Waals surface area contributed by atoms with E-state index in [1.165, 1.54) is 3.97 Å². The first-order chi connectivity index (χ1) is 12.4. The summed E-state index contributed by atoms with van der Waals surface area (Å²) in [5.41, 5.74) is 2.87. The summed E-state index contributed by atoms with van der Waals surface area (Å²) in [5, 5.41) is 4.44. The highest BCUT2D eigenvalue weighted by molar-refractivity contribution is 7.90. The standard InChI is InChI=1S/C20H23N3O2S/c1-15-3-7-18(8-4-15)26(24,25)23-11-9-16-5-6-17(13-20(16)23)19-14-22(2)12-10-21-19/h3-9,11,13,19,21H,10,12,14H2,1-2H3. The van der Waals surface area contributed by atoms with Crippen molar-refractivity contribution >= 4 is 20.9 Å². The van der Waals surface area contributed by atoms with Gasteiger partial charge in [-0.1, -0.05) is 29.8 Å². The van der Waals surface area contributed by atoms with E-state index in [1.54, 1.807) is 18.3 Å². The van der Waals surface area contributed by atoms with Crippen LogP contribution in [0.3, 0.4) is 0 Å². The van der Waals surface area contributed by atoms with E-state index in [1.807, 2.05) is 37.3 Å². The van der Waals surface area contributed by atoms with Crippen LogP contribution in [0.5, 0.6) is 0 Å². The van der Waals surface area contributed by atoms with Crippen LogP contribution in [0.25, 0.3) is 10.9 Å². The maximum atomic E-state index is 13.1. The minimum atomic E-state index is -3.61. The van der Waals surface area contributed by atoms with Crippen LogP contribution in [0, 0.1) is 6.92 Å². The molecule has 0 saturated carbocycles. The van der Waals surface area contributed by atoms with Crippen LogP contribution in [0.15, 0.2) is 59.6 Å². The lowest BCUT2D eigenvalue weighted by molar-refractivity contribution is 0.241. The van der Waals surface area contributed by atoms with E-state index < -0.39 is 10.0 Å². The molecule has 1 aromatic heterocycles. The molecule has 1 N–H and O–H groups in total. The van der Waals surface area contributed by atoms with E-state index in [9.17, 15) is 8.42 Å². The Morgan fingerprint density at radius 3 is 2.58 bits per heavy atom. The second kappa shape index (κ2) is 6.54. The van der Waals surface area contributed by atoms with Gasteiger partial charge in [-0.25, -0.2) is 12.4 Å². The molecule has 1 saturated heterocycles. The average Bonchev–Trinajstić information content (AvgIpc) is 3.06. The highest BCUT2D eigenvalue weighted by atomic mass is 32.2. The van der Waals surface area contributed by atoms with Crippen molar-refractivity contribution in [3.63, 3.8) is 0 Å². The van der Waals surface area contributed by atoms with E-state index in [2.05, 4.69) is 23.3 Å². The molecule has 5 nitrogen and oxygen atoms in total. The molecule has 1 aliphatic heterocycles. The Balaban J connectivity index is 1.78. The van der Waals surface area contributed by atoms with Crippen LogP contribution < -0.4 is 5.32 Å². The van der Waals surface area contributed by atoms with Crippen molar-refractivity contribution in [1.29, 1.82) is 0 Å². The summed E-state index contributed by atoms with van der Waals surface area (Å²) in [6.45, 7) is 4.82. The van der Waals surface area contributed by atoms with Gasteiger partial charge in [0.15, 0.2) is 0 Å². The van der Waals surface area contributed by atoms with Gasteiger partial charge in [-0.05, 0) is 43.8 Å². The van der Waals surface area contributed by atoms with E-state index in [4.69, 9.17) is 0 Å². The van der Waals surface area contributed by atoms with Crippen LogP contribution in [0.1, 0.15) is 17.2 Å². The SMILES string of the molecule is Cc1ccc(S(=O)(=O)n2ccc3ccc(C4CN(C)CCN4)cc32)cc1. The molecule has 0 spiro atoms. The fourth-order valence-corrected chi connectivity index (χ4v) is 4.84. The zero-order valence-corrected chi connectivity index (χ0v) is 15.8. The summed E-state index contributed by atoms with van der Waals surface area (Å²) in [7, 11) is -1.50. The van der Waals surface area contributed by atoms with Crippen molar-refractivity contribution < 1.29 is 8.42 Å². The normalized spacial score (nSPS) is 19.1. The first-order valence-electron chi connectivity index (χ1n) is 8.80. The predicted molar refractivity (Wildman–Crippen MR) is 104 cm³/mol. The molecule has 1 atom stereocenters. The van der Waals surface area contributed by atoms with Gasteiger partial charge in [0.2, 0.25) is 0 Å². The highest BCUT2D eigenvalue weighted by Gasteiger charge is 2.22. The molecule has 0 radical (unpaired) electrons. The van der Waals surface area contributed by atoms with Crippen LogP contribution in [0.2, 0.25) is 0 Å². The van der Waals surface area contributed by atoms with Gasteiger partial charge in [0.05, 0.1) is 10.4 Å². The Kier molecular flexibility index (Phi) is 4.34. The topological polar surface area (TPSA) is 54.3 Å². The molecule has 1 unspecified atom stereocenters. The summed E-state index contributed by atoms with van der Waals surface area (Å²) in [4.78, 5) is 2.59. The summed E-state index contributed by atoms with van der Waals surface area (Å²) in [5.74, 6) is 0. The summed E-state index contributed by atoms with van der Waals surface area (Å²) < 4.78 is 27.6. The van der Waals surface area contributed by atoms with Gasteiger partial charge in [0.25, 0.3) is 10.0 Å². The lowest BCUT2D eigenvalue weighted by atomic mass is 10.0. The zero-order valence-electron chi connectivity index (χ0n) is 15.0. The number of aromatic nitrogens is 1. The number of nitrogens with zero attached hydrogens (tertiary/aromatic N) is 2. The van der Waals surface area contributed by atoms with Crippen molar-refractivity contribution in [3.8, 4) is 0 Å². The number of rotatable bonds is 3. The Bertz CT molecular complexity index is 1040. The van der Waals surface area contributed by atoms with E-state index in [0.29, 0.717) is 4.90 Å². The maximum absolute atomic E-state index is 13.1. The van der Waals surface area contributed by atoms with Gasteiger partial charge in [-0.3, -0.25) is 0 Å². The molecule has 3 aromatic rings. The average molecular weight is 369 g/mol. The molecule has 6 heteroatoms. The monoisotopic (exact) mass is 369 g/mol. The molecule has 26 heavy (non-hydrogen) atoms. The number of fused-ring (bicyclic) bond motifs is 1. The van der Waals surface area contributed by atoms with Crippen LogP contribution in [0.4, 0.5) is 0 Å². The molecule has 0 aliphatic carbocycles. The van der Waals surface area contributed by atoms with Crippen LogP contribution >= 0.6 is 0 Å². The molecule has 0 bridgehead atoms. The number of hydrogen-bond acceptors (Lipinski definition) is 4. The number of benzene rings is 2. The molecule has 136 valence electrons. The zero-order chi connectivity index (χ0) is 18.3. The molecule has 0 amide bonds. The fraction of sp³-hybridized carbons (Fsp3) is 0.300. The third-order valence-electron chi connectivity index (χ3n) is 5.04. The maximum Gasteiger partial charge on any atom is 0.268 e. The van der Waals surface area contributed by atoms with Crippen molar-refractivity contribution in [1.82, 2.24) is 14.2 Å². The number of likely N-dealkylation sites (N-methyl/N-ethyl adjacent to an activating group) is 1. The first kappa shape index (κ1) is 17.3. The van der Waals surface area contributed by atoms with Gasteiger partial charge in [-0.15, -0.1) is 0 Å². The van der Waals surface area contributed by atoms with E-state index >= 15 is 0 Å². The van der Waals surface area contributed by atoms with Crippen molar-refractivity contribution in [2.24, 2.45) is 0 Å². The van der Waals surface area contributed by atoms with Gasteiger partial charge in [0.1, 0.15) is 0 Å². The summed E-state index contributed by atoms with van der Waals surface area (Å²) in [6, 6.07) is 15.1. The Morgan fingerprint density at radius 2 is 1.85 bits per heavy atom. The number of hydrogen-bond donors (Lipinski definition) is 1. The first-order valence-corrected chi connectivity index (χ1v) is 10.2. The lowest BCUT2D eigenvalue weighted by Gasteiger charge is -2.31. The molecule has 2 aromatic carbocycles. The van der Waals surface area contributed by atoms with Gasteiger partial charge in [0, 0.05) is 37.3 Å². The van der Waals surface area contributed by atoms with Crippen LogP contribution in [-0.4, -0.2) is 44.0 Å². The van der Waals surface area contributed by atoms with Crippen molar-refractivity contribution in [2.45, 2.75) is 17.9 Å². The molecular weight excluding hydrogens is 346 g/mol. The number of nitrogens with one attached hydrogen (secondary N) is 1. The smallest absolute Gasteiger partial charge is 0.268 e. The highest BCUT2D eigenvalue weighted by Crippen LogP contribution is 2.26. The molecule has 1 aliphatic rings. The largest absolute Gasteiger partial charge is 0.308 e. The Labute approximate surface area is 154 Å². The third kappa shape index (κ3) is 3.05. The minimum Gasteiger partial charge on any atom is -0.308 e. The van der Waals surface area contributed by atoms with Gasteiger partial charge >= 0.3 is 0 Å². The number of piperazine rings is 1. The van der Waals surface area contributed by atoms with Crippen LogP contribution in [-0.2, 0) is 10.0 Å². The number of aryl methyl sites for hydroxylation is 1. The third-order valence-corrected chi connectivity index (χ3v) is 6.74. The minimum absolute atomic E-state index is 0.212. The van der Waals surface area contributed by atoms with Crippen molar-refractivity contribution in [3.05, 3.63) is 65.9 Å². The quantitative estimate of drug-likeness (QED) is 0.771. The molecular formula is C20H23N3O2S. The lowest BCUT2D eigenvalue weighted by Crippen LogP contribution is -2.43. The van der Waals surface area contributed by atoms with Gasteiger partial charge in [-0.2, -0.15) is 0 Å². The molecule has 4 rings (SSSR count). The predicted octanol–water partition coefficient (Wildman–Crippen LogP) is 2.76. The molecule has 2 heterocycles. The fourth-order valence-electron chi connectivity index (χ4n) is 3.49.